The fourth-order valence-corrected chi connectivity index (χ4v) is 2.75. The molecule has 1 aromatic carbocycles. The molecule has 0 bridgehead atoms. The fraction of sp³-hybridized carbons (Fsp3) is 0.333. The summed E-state index contributed by atoms with van der Waals surface area (Å²) in [6.45, 7) is 0.602. The number of ether oxygens (including phenoxy) is 1. The third-order valence-corrected chi connectivity index (χ3v) is 4.24. The summed E-state index contributed by atoms with van der Waals surface area (Å²) in [7, 11) is 0. The van der Waals surface area contributed by atoms with Gasteiger partial charge in [0.1, 0.15) is 11.6 Å². The zero-order valence-electron chi connectivity index (χ0n) is 14.4. The zero-order valence-corrected chi connectivity index (χ0v) is 14.4. The number of nitrogens with zero attached hydrogens (tertiary/aromatic N) is 1. The third-order valence-electron chi connectivity index (χ3n) is 4.24. The van der Waals surface area contributed by atoms with Gasteiger partial charge in [0.25, 0.3) is 0 Å². The summed E-state index contributed by atoms with van der Waals surface area (Å²) in [4.78, 5) is 15.7. The molecule has 1 aromatic heterocycles. The monoisotopic (exact) mass is 401 g/mol. The number of rotatable bonds is 5. The normalized spacial score (nSPS) is 16.8. The Hall–Kier alpha value is -2.75. The van der Waals surface area contributed by atoms with Crippen LogP contribution in [0.2, 0.25) is 0 Å². The SMILES string of the molecule is O=C(NCc1ncc(Nc2c(F)cccc2C(F)(F)F)cc1F)C1CCOC1. The summed E-state index contributed by atoms with van der Waals surface area (Å²) in [5, 5.41) is 4.76. The molecule has 1 unspecified atom stereocenters. The van der Waals surface area contributed by atoms with Gasteiger partial charge in [-0.25, -0.2) is 8.78 Å². The summed E-state index contributed by atoms with van der Waals surface area (Å²) >= 11 is 0. The first-order chi connectivity index (χ1) is 13.3. The first-order valence-electron chi connectivity index (χ1n) is 8.38. The number of pyridine rings is 1. The van der Waals surface area contributed by atoms with Crippen LogP contribution >= 0.6 is 0 Å². The molecule has 1 aliphatic heterocycles. The predicted octanol–water partition coefficient (Wildman–Crippen LogP) is 3.77. The Morgan fingerprint density at radius 1 is 1.25 bits per heavy atom. The Morgan fingerprint density at radius 3 is 2.68 bits per heavy atom. The van der Waals surface area contributed by atoms with E-state index < -0.39 is 29.1 Å². The maximum atomic E-state index is 14.2. The highest BCUT2D eigenvalue weighted by molar-refractivity contribution is 5.79. The van der Waals surface area contributed by atoms with Gasteiger partial charge in [-0.1, -0.05) is 6.07 Å². The van der Waals surface area contributed by atoms with Crippen molar-refractivity contribution in [3.63, 3.8) is 0 Å². The molecule has 2 aromatic rings. The van der Waals surface area contributed by atoms with Gasteiger partial charge in [0, 0.05) is 12.7 Å². The van der Waals surface area contributed by atoms with E-state index in [0.29, 0.717) is 25.7 Å². The van der Waals surface area contributed by atoms with E-state index in [4.69, 9.17) is 4.74 Å². The van der Waals surface area contributed by atoms with Crippen molar-refractivity contribution in [1.29, 1.82) is 0 Å². The topological polar surface area (TPSA) is 63.2 Å². The Bertz CT molecular complexity index is 867. The van der Waals surface area contributed by atoms with Gasteiger partial charge in [-0.05, 0) is 18.6 Å². The lowest BCUT2D eigenvalue weighted by molar-refractivity contribution is -0.137. The van der Waals surface area contributed by atoms with E-state index in [1.807, 2.05) is 0 Å². The number of nitrogens with one attached hydrogen (secondary N) is 2. The van der Waals surface area contributed by atoms with E-state index >= 15 is 0 Å². The first kappa shape index (κ1) is 20.0. The van der Waals surface area contributed by atoms with Gasteiger partial charge >= 0.3 is 6.18 Å². The van der Waals surface area contributed by atoms with E-state index in [1.54, 1.807) is 0 Å². The number of carbonyl (C=O) groups excluding carboxylic acids is 1. The Kier molecular flexibility index (Phi) is 5.78. The molecule has 3 rings (SSSR count). The molecule has 150 valence electrons. The van der Waals surface area contributed by atoms with Gasteiger partial charge in [0.2, 0.25) is 5.91 Å². The quantitative estimate of drug-likeness (QED) is 0.749. The highest BCUT2D eigenvalue weighted by Gasteiger charge is 2.34. The second-order valence-electron chi connectivity index (χ2n) is 6.22. The summed E-state index contributed by atoms with van der Waals surface area (Å²) in [6, 6.07) is 3.40. The van der Waals surface area contributed by atoms with Crippen LogP contribution in [0.5, 0.6) is 0 Å². The Morgan fingerprint density at radius 2 is 2.04 bits per heavy atom. The van der Waals surface area contributed by atoms with Gasteiger partial charge < -0.3 is 15.4 Å². The molecule has 0 aliphatic carbocycles. The molecule has 1 aliphatic rings. The van der Waals surface area contributed by atoms with Gasteiger partial charge in [0.05, 0.1) is 47.9 Å². The van der Waals surface area contributed by atoms with Crippen LogP contribution in [0, 0.1) is 17.6 Å². The second kappa shape index (κ2) is 8.09. The van der Waals surface area contributed by atoms with Crippen molar-refractivity contribution in [2.45, 2.75) is 19.1 Å². The van der Waals surface area contributed by atoms with Crippen LogP contribution in [0.15, 0.2) is 30.5 Å². The highest BCUT2D eigenvalue weighted by atomic mass is 19.4. The first-order valence-corrected chi connectivity index (χ1v) is 8.38. The van der Waals surface area contributed by atoms with E-state index in [1.165, 1.54) is 0 Å². The number of hydrogen-bond acceptors (Lipinski definition) is 4. The second-order valence-corrected chi connectivity index (χ2v) is 6.22. The van der Waals surface area contributed by atoms with Crippen molar-refractivity contribution in [3.8, 4) is 0 Å². The maximum Gasteiger partial charge on any atom is 0.418 e. The van der Waals surface area contributed by atoms with E-state index in [-0.39, 0.29) is 29.8 Å². The predicted molar refractivity (Wildman–Crippen MR) is 89.7 cm³/mol. The number of para-hydroxylation sites is 1. The third kappa shape index (κ3) is 4.56. The van der Waals surface area contributed by atoms with Crippen LogP contribution in [0.3, 0.4) is 0 Å². The Balaban J connectivity index is 1.72. The minimum Gasteiger partial charge on any atom is -0.381 e. The number of anilines is 2. The smallest absolute Gasteiger partial charge is 0.381 e. The minimum atomic E-state index is -4.79. The van der Waals surface area contributed by atoms with Crippen molar-refractivity contribution in [2.75, 3.05) is 18.5 Å². The molecule has 2 heterocycles. The number of aromatic nitrogens is 1. The summed E-state index contributed by atoms with van der Waals surface area (Å²) < 4.78 is 72.3. The number of amides is 1. The number of alkyl halides is 3. The van der Waals surface area contributed by atoms with Crippen molar-refractivity contribution < 1.29 is 31.5 Å². The highest BCUT2D eigenvalue weighted by Crippen LogP contribution is 2.37. The molecule has 5 nitrogen and oxygen atoms in total. The molecule has 0 spiro atoms. The standard InChI is InChI=1S/C18H16F5N3O2/c19-13-3-1-2-12(18(21,22)23)16(13)26-11-6-14(20)15(24-7-11)8-25-17(27)10-4-5-28-9-10/h1-3,6-7,10,26H,4-5,8-9H2,(H,25,27). The molecule has 28 heavy (non-hydrogen) atoms. The molecule has 1 amide bonds. The summed E-state index contributed by atoms with van der Waals surface area (Å²) in [6.07, 6.45) is -3.14. The van der Waals surface area contributed by atoms with Crippen LogP contribution < -0.4 is 10.6 Å². The summed E-state index contributed by atoms with van der Waals surface area (Å²) in [5.74, 6) is -2.57. The minimum absolute atomic E-state index is 0.0950. The largest absolute Gasteiger partial charge is 0.418 e. The average Bonchev–Trinajstić information content (AvgIpc) is 3.16. The lowest BCUT2D eigenvalue weighted by Gasteiger charge is -2.15. The van der Waals surface area contributed by atoms with Crippen molar-refractivity contribution >= 4 is 17.3 Å². The Labute approximate surface area is 156 Å². The molecule has 1 fully saturated rings. The molecule has 2 N–H and O–H groups in total. The van der Waals surface area contributed by atoms with Crippen molar-refractivity contribution in [3.05, 3.63) is 53.4 Å². The number of carbonyl (C=O) groups is 1. The van der Waals surface area contributed by atoms with Gasteiger partial charge in [-0.3, -0.25) is 9.78 Å². The van der Waals surface area contributed by atoms with Crippen LogP contribution in [-0.2, 0) is 22.3 Å². The van der Waals surface area contributed by atoms with E-state index in [2.05, 4.69) is 15.6 Å². The molecule has 0 saturated carbocycles. The molecule has 10 heteroatoms. The lowest BCUT2D eigenvalue weighted by Crippen LogP contribution is -2.31. The molecular formula is C18H16F5N3O2. The fourth-order valence-electron chi connectivity index (χ4n) is 2.75. The average molecular weight is 401 g/mol. The van der Waals surface area contributed by atoms with Gasteiger partial charge in [-0.2, -0.15) is 13.2 Å². The maximum absolute atomic E-state index is 14.2. The lowest BCUT2D eigenvalue weighted by atomic mass is 10.1. The molecular weight excluding hydrogens is 385 g/mol. The van der Waals surface area contributed by atoms with Crippen LogP contribution in [-0.4, -0.2) is 24.1 Å². The summed E-state index contributed by atoms with van der Waals surface area (Å²) in [5.41, 5.74) is -2.30. The zero-order chi connectivity index (χ0) is 20.3. The molecule has 0 radical (unpaired) electrons. The van der Waals surface area contributed by atoms with Crippen molar-refractivity contribution in [2.24, 2.45) is 5.92 Å². The van der Waals surface area contributed by atoms with Crippen LogP contribution in [0.4, 0.5) is 33.3 Å². The van der Waals surface area contributed by atoms with E-state index in [9.17, 15) is 26.7 Å². The van der Waals surface area contributed by atoms with Crippen LogP contribution in [0.25, 0.3) is 0 Å². The number of hydrogen-bond donors (Lipinski definition) is 2. The molecule has 1 saturated heterocycles. The number of halogens is 5. The van der Waals surface area contributed by atoms with Gasteiger partial charge in [0.15, 0.2) is 0 Å². The molecule has 1 atom stereocenters. The van der Waals surface area contributed by atoms with E-state index in [0.717, 1.165) is 24.4 Å². The van der Waals surface area contributed by atoms with Crippen molar-refractivity contribution in [1.82, 2.24) is 10.3 Å². The number of benzene rings is 1. The van der Waals surface area contributed by atoms with Gasteiger partial charge in [-0.15, -0.1) is 0 Å². The van der Waals surface area contributed by atoms with Crippen LogP contribution in [0.1, 0.15) is 17.7 Å².